The van der Waals surface area contributed by atoms with Crippen molar-refractivity contribution in [3.05, 3.63) is 40.2 Å². The Balaban J connectivity index is 1.96. The molecule has 1 atom stereocenters. The van der Waals surface area contributed by atoms with Crippen LogP contribution in [-0.2, 0) is 6.54 Å². The summed E-state index contributed by atoms with van der Waals surface area (Å²) in [5.41, 5.74) is 0.839. The second-order valence-corrected chi connectivity index (χ2v) is 5.30. The average molecular weight is 275 g/mol. The Morgan fingerprint density at radius 3 is 3.00 bits per heavy atom. The molecule has 106 valence electrons. The molecule has 1 aromatic carbocycles. The molecule has 0 spiro atoms. The summed E-state index contributed by atoms with van der Waals surface area (Å²) in [4.78, 5) is 13.7. The molecule has 1 aliphatic rings. The van der Waals surface area contributed by atoms with Crippen LogP contribution in [0.1, 0.15) is 18.4 Å². The lowest BCUT2D eigenvalue weighted by atomic mass is 10.1. The standard InChI is InChI=1S/C15H17NO4/c17-11-3-4-13-10(6-15(19)20-14(13)7-11)8-16-5-1-2-12(18)9-16/h3-4,6-7,12,17-18H,1-2,5,8-9H2/t12-/m0/s1. The largest absolute Gasteiger partial charge is 0.508 e. The number of likely N-dealkylation sites (tertiary alicyclic amines) is 1. The molecule has 0 radical (unpaired) electrons. The first-order chi connectivity index (χ1) is 9.61. The van der Waals surface area contributed by atoms with E-state index in [4.69, 9.17) is 4.42 Å². The lowest BCUT2D eigenvalue weighted by molar-refractivity contribution is 0.0670. The predicted octanol–water partition coefficient (Wildman–Crippen LogP) is 1.46. The highest BCUT2D eigenvalue weighted by atomic mass is 16.4. The number of nitrogens with zero attached hydrogens (tertiary/aromatic N) is 1. The number of rotatable bonds is 2. The number of aromatic hydroxyl groups is 1. The van der Waals surface area contributed by atoms with Crippen LogP contribution in [0.4, 0.5) is 0 Å². The van der Waals surface area contributed by atoms with Crippen molar-refractivity contribution in [1.82, 2.24) is 4.90 Å². The molecular weight excluding hydrogens is 258 g/mol. The number of fused-ring (bicyclic) bond motifs is 1. The summed E-state index contributed by atoms with van der Waals surface area (Å²) in [5, 5.41) is 20.0. The first-order valence-electron chi connectivity index (χ1n) is 6.78. The molecule has 2 N–H and O–H groups in total. The van der Waals surface area contributed by atoms with Crippen molar-refractivity contribution in [1.29, 1.82) is 0 Å². The SMILES string of the molecule is O=c1cc(CN2CCC[C@H](O)C2)c2ccc(O)cc2o1. The Hall–Kier alpha value is -1.85. The van der Waals surface area contributed by atoms with E-state index in [1.807, 2.05) is 0 Å². The fourth-order valence-electron chi connectivity index (χ4n) is 2.77. The second kappa shape index (κ2) is 5.26. The molecule has 0 bridgehead atoms. The number of hydrogen-bond acceptors (Lipinski definition) is 5. The van der Waals surface area contributed by atoms with Crippen molar-refractivity contribution < 1.29 is 14.6 Å². The highest BCUT2D eigenvalue weighted by molar-refractivity contribution is 5.81. The number of β-amino-alcohol motifs (C(OH)–C–C–N with tert-alkyl or cyclic N) is 1. The van der Waals surface area contributed by atoms with Crippen LogP contribution in [0.5, 0.6) is 5.75 Å². The van der Waals surface area contributed by atoms with Gasteiger partial charge in [-0.05, 0) is 37.1 Å². The van der Waals surface area contributed by atoms with Crippen LogP contribution in [-0.4, -0.2) is 34.3 Å². The summed E-state index contributed by atoms with van der Waals surface area (Å²) in [6.45, 7) is 2.14. The third kappa shape index (κ3) is 2.69. The number of benzene rings is 1. The van der Waals surface area contributed by atoms with Gasteiger partial charge in [0.05, 0.1) is 6.10 Å². The molecule has 1 fully saturated rings. The van der Waals surface area contributed by atoms with E-state index in [1.54, 1.807) is 12.1 Å². The Morgan fingerprint density at radius 2 is 2.20 bits per heavy atom. The topological polar surface area (TPSA) is 73.9 Å². The quantitative estimate of drug-likeness (QED) is 0.812. The Labute approximate surface area is 116 Å². The molecule has 3 rings (SSSR count). The van der Waals surface area contributed by atoms with Gasteiger partial charge in [-0.15, -0.1) is 0 Å². The third-order valence-electron chi connectivity index (χ3n) is 3.69. The van der Waals surface area contributed by atoms with Gasteiger partial charge in [0.1, 0.15) is 11.3 Å². The number of aliphatic hydroxyl groups is 1. The van der Waals surface area contributed by atoms with Gasteiger partial charge in [-0.2, -0.15) is 0 Å². The fourth-order valence-corrected chi connectivity index (χ4v) is 2.77. The van der Waals surface area contributed by atoms with Crippen LogP contribution in [0.2, 0.25) is 0 Å². The van der Waals surface area contributed by atoms with E-state index in [9.17, 15) is 15.0 Å². The maximum atomic E-state index is 11.6. The van der Waals surface area contributed by atoms with Crippen LogP contribution in [0, 0.1) is 0 Å². The third-order valence-corrected chi connectivity index (χ3v) is 3.69. The molecule has 0 amide bonds. The molecule has 2 heterocycles. The summed E-state index contributed by atoms with van der Waals surface area (Å²) in [6.07, 6.45) is 1.50. The van der Waals surface area contributed by atoms with E-state index in [-0.39, 0.29) is 11.9 Å². The number of phenolic OH excluding ortho intramolecular Hbond substituents is 1. The van der Waals surface area contributed by atoms with E-state index in [0.29, 0.717) is 18.7 Å². The minimum atomic E-state index is -0.421. The highest BCUT2D eigenvalue weighted by Gasteiger charge is 2.19. The van der Waals surface area contributed by atoms with Gasteiger partial charge in [-0.3, -0.25) is 4.90 Å². The van der Waals surface area contributed by atoms with Crippen LogP contribution >= 0.6 is 0 Å². The molecule has 5 heteroatoms. The first-order valence-corrected chi connectivity index (χ1v) is 6.78. The molecule has 5 nitrogen and oxygen atoms in total. The van der Waals surface area contributed by atoms with Gasteiger partial charge < -0.3 is 14.6 Å². The lowest BCUT2D eigenvalue weighted by Gasteiger charge is -2.30. The van der Waals surface area contributed by atoms with Crippen molar-refractivity contribution >= 4 is 11.0 Å². The normalized spacial score (nSPS) is 20.4. The fraction of sp³-hybridized carbons (Fsp3) is 0.400. The molecule has 0 saturated carbocycles. The van der Waals surface area contributed by atoms with Crippen LogP contribution in [0.3, 0.4) is 0 Å². The lowest BCUT2D eigenvalue weighted by Crippen LogP contribution is -2.37. The predicted molar refractivity (Wildman–Crippen MR) is 74.7 cm³/mol. The van der Waals surface area contributed by atoms with Gasteiger partial charge in [-0.1, -0.05) is 0 Å². The van der Waals surface area contributed by atoms with Gasteiger partial charge in [0.25, 0.3) is 0 Å². The molecule has 2 aromatic rings. The first kappa shape index (κ1) is 13.1. The van der Waals surface area contributed by atoms with Gasteiger partial charge in [0, 0.05) is 30.6 Å². The molecule has 20 heavy (non-hydrogen) atoms. The molecular formula is C15H17NO4. The van der Waals surface area contributed by atoms with E-state index in [1.165, 1.54) is 12.1 Å². The summed E-state index contributed by atoms with van der Waals surface area (Å²) >= 11 is 0. The Bertz CT molecular complexity index is 679. The summed E-state index contributed by atoms with van der Waals surface area (Å²) in [7, 11) is 0. The maximum Gasteiger partial charge on any atom is 0.336 e. The number of aliphatic hydroxyl groups excluding tert-OH is 1. The van der Waals surface area contributed by atoms with Crippen LogP contribution in [0.25, 0.3) is 11.0 Å². The number of phenols is 1. The summed E-state index contributed by atoms with van der Waals surface area (Å²) in [5.74, 6) is 0.0752. The molecule has 1 saturated heterocycles. The zero-order valence-corrected chi connectivity index (χ0v) is 11.1. The van der Waals surface area contributed by atoms with E-state index >= 15 is 0 Å². The van der Waals surface area contributed by atoms with Crippen LogP contribution in [0.15, 0.2) is 33.5 Å². The molecule has 1 aromatic heterocycles. The number of hydrogen-bond donors (Lipinski definition) is 2. The van der Waals surface area contributed by atoms with Gasteiger partial charge in [-0.25, -0.2) is 4.79 Å². The van der Waals surface area contributed by atoms with E-state index in [0.717, 1.165) is 30.3 Å². The van der Waals surface area contributed by atoms with Crippen molar-refractivity contribution in [2.45, 2.75) is 25.5 Å². The Morgan fingerprint density at radius 1 is 1.35 bits per heavy atom. The minimum absolute atomic E-state index is 0.0752. The maximum absolute atomic E-state index is 11.6. The smallest absolute Gasteiger partial charge is 0.336 e. The van der Waals surface area contributed by atoms with Crippen molar-refractivity contribution in [2.24, 2.45) is 0 Å². The van der Waals surface area contributed by atoms with E-state index < -0.39 is 5.63 Å². The van der Waals surface area contributed by atoms with E-state index in [2.05, 4.69) is 4.90 Å². The monoisotopic (exact) mass is 275 g/mol. The van der Waals surface area contributed by atoms with Gasteiger partial charge in [0.15, 0.2) is 0 Å². The molecule has 0 unspecified atom stereocenters. The minimum Gasteiger partial charge on any atom is -0.508 e. The van der Waals surface area contributed by atoms with Crippen molar-refractivity contribution in [3.63, 3.8) is 0 Å². The second-order valence-electron chi connectivity index (χ2n) is 5.30. The average Bonchev–Trinajstić information content (AvgIpc) is 2.37. The molecule has 0 aliphatic carbocycles. The van der Waals surface area contributed by atoms with Crippen LogP contribution < -0.4 is 5.63 Å². The zero-order chi connectivity index (χ0) is 14.1. The van der Waals surface area contributed by atoms with Crippen molar-refractivity contribution in [2.75, 3.05) is 13.1 Å². The molecule has 1 aliphatic heterocycles. The van der Waals surface area contributed by atoms with Gasteiger partial charge in [0.2, 0.25) is 0 Å². The zero-order valence-electron chi connectivity index (χ0n) is 11.1. The summed E-state index contributed by atoms with van der Waals surface area (Å²) < 4.78 is 5.11. The number of piperidine rings is 1. The van der Waals surface area contributed by atoms with Crippen molar-refractivity contribution in [3.8, 4) is 5.75 Å². The highest BCUT2D eigenvalue weighted by Crippen LogP contribution is 2.23. The van der Waals surface area contributed by atoms with Gasteiger partial charge >= 0.3 is 5.63 Å². The Kier molecular flexibility index (Phi) is 3.46. The summed E-state index contributed by atoms with van der Waals surface area (Å²) in [6, 6.07) is 6.27.